The highest BCUT2D eigenvalue weighted by Gasteiger charge is 2.32. The first kappa shape index (κ1) is 16.0. The van der Waals surface area contributed by atoms with E-state index in [9.17, 15) is 22.8 Å². The second-order valence-electron chi connectivity index (χ2n) is 4.40. The van der Waals surface area contributed by atoms with Crippen molar-refractivity contribution in [2.75, 3.05) is 5.32 Å². The van der Waals surface area contributed by atoms with Gasteiger partial charge in [0.2, 0.25) is 5.91 Å². The van der Waals surface area contributed by atoms with E-state index >= 15 is 0 Å². The highest BCUT2D eigenvalue weighted by atomic mass is 19.4. The van der Waals surface area contributed by atoms with Crippen LogP contribution in [0.25, 0.3) is 0 Å². The Morgan fingerprint density at radius 1 is 1.30 bits per heavy atom. The molecule has 4 nitrogen and oxygen atoms in total. The molecule has 1 rings (SSSR count). The predicted octanol–water partition coefficient (Wildman–Crippen LogP) is 3.39. The van der Waals surface area contributed by atoms with Crippen LogP contribution in [0.5, 0.6) is 0 Å². The minimum absolute atomic E-state index is 0.178. The molecule has 0 fully saturated rings. The van der Waals surface area contributed by atoms with E-state index in [1.807, 2.05) is 0 Å². The summed E-state index contributed by atoms with van der Waals surface area (Å²) in [5.41, 5.74) is -1.82. The quantitative estimate of drug-likeness (QED) is 0.892. The van der Waals surface area contributed by atoms with Gasteiger partial charge in [0.25, 0.3) is 0 Å². The molecular formula is C13H14F3NO3. The predicted molar refractivity (Wildman–Crippen MR) is 66.5 cm³/mol. The van der Waals surface area contributed by atoms with Crippen LogP contribution >= 0.6 is 0 Å². The summed E-state index contributed by atoms with van der Waals surface area (Å²) >= 11 is 0. The standard InChI is InChI=1S/C13H14F3NO3/c1-3-7(2)11(18)17-10-5-8(12(19)20)4-9(6-10)13(14,15)16/h4-7H,3H2,1-2H3,(H,17,18)(H,19,20). The summed E-state index contributed by atoms with van der Waals surface area (Å²) in [7, 11) is 0. The zero-order chi connectivity index (χ0) is 15.5. The Kier molecular flexibility index (Phi) is 4.75. The molecule has 20 heavy (non-hydrogen) atoms. The fourth-order valence-corrected chi connectivity index (χ4v) is 1.44. The molecule has 1 atom stereocenters. The summed E-state index contributed by atoms with van der Waals surface area (Å²) in [5, 5.41) is 11.1. The van der Waals surface area contributed by atoms with Crippen LogP contribution in [-0.4, -0.2) is 17.0 Å². The molecule has 7 heteroatoms. The van der Waals surface area contributed by atoms with Crippen LogP contribution in [-0.2, 0) is 11.0 Å². The summed E-state index contributed by atoms with van der Waals surface area (Å²) in [6, 6.07) is 2.24. The molecule has 0 spiro atoms. The van der Waals surface area contributed by atoms with Crippen molar-refractivity contribution >= 4 is 17.6 Å². The third-order valence-corrected chi connectivity index (χ3v) is 2.83. The second kappa shape index (κ2) is 5.94. The summed E-state index contributed by atoms with van der Waals surface area (Å²) in [4.78, 5) is 22.5. The first-order valence-electron chi connectivity index (χ1n) is 5.91. The van der Waals surface area contributed by atoms with Crippen LogP contribution in [0.4, 0.5) is 18.9 Å². The SMILES string of the molecule is CCC(C)C(=O)Nc1cc(C(=O)O)cc(C(F)(F)F)c1. The summed E-state index contributed by atoms with van der Waals surface area (Å²) < 4.78 is 38.0. The first-order chi connectivity index (χ1) is 9.15. The highest BCUT2D eigenvalue weighted by Crippen LogP contribution is 2.32. The Bertz CT molecular complexity index is 526. The second-order valence-corrected chi connectivity index (χ2v) is 4.40. The number of anilines is 1. The van der Waals surface area contributed by atoms with Crippen molar-refractivity contribution < 1.29 is 27.9 Å². The maximum atomic E-state index is 12.7. The molecule has 0 radical (unpaired) electrons. The van der Waals surface area contributed by atoms with E-state index in [0.717, 1.165) is 6.07 Å². The molecule has 0 saturated heterocycles. The summed E-state index contributed by atoms with van der Waals surface area (Å²) in [6.07, 6.45) is -4.15. The van der Waals surface area contributed by atoms with E-state index in [2.05, 4.69) is 5.32 Å². The van der Waals surface area contributed by atoms with Gasteiger partial charge in [-0.15, -0.1) is 0 Å². The van der Waals surface area contributed by atoms with Gasteiger partial charge in [-0.1, -0.05) is 13.8 Å². The number of carbonyl (C=O) groups excluding carboxylic acids is 1. The van der Waals surface area contributed by atoms with E-state index in [1.165, 1.54) is 0 Å². The van der Waals surface area contributed by atoms with Crippen molar-refractivity contribution in [3.8, 4) is 0 Å². The molecule has 0 aliphatic heterocycles. The zero-order valence-electron chi connectivity index (χ0n) is 10.9. The van der Waals surface area contributed by atoms with Crippen LogP contribution in [0.2, 0.25) is 0 Å². The van der Waals surface area contributed by atoms with Crippen LogP contribution in [0.3, 0.4) is 0 Å². The van der Waals surface area contributed by atoms with Gasteiger partial charge >= 0.3 is 12.1 Å². The number of aromatic carboxylic acids is 1. The Labute approximate surface area is 113 Å². The van der Waals surface area contributed by atoms with Crippen LogP contribution in [0, 0.1) is 5.92 Å². The molecule has 1 aromatic carbocycles. The molecule has 1 aromatic rings. The Hall–Kier alpha value is -2.05. The maximum absolute atomic E-state index is 12.7. The van der Waals surface area contributed by atoms with Crippen molar-refractivity contribution in [2.24, 2.45) is 5.92 Å². The number of hydrogen-bond acceptors (Lipinski definition) is 2. The van der Waals surface area contributed by atoms with Gasteiger partial charge < -0.3 is 10.4 Å². The van der Waals surface area contributed by atoms with E-state index in [-0.39, 0.29) is 11.6 Å². The zero-order valence-corrected chi connectivity index (χ0v) is 10.9. The molecule has 110 valence electrons. The third-order valence-electron chi connectivity index (χ3n) is 2.83. The van der Waals surface area contributed by atoms with Crippen molar-refractivity contribution in [3.63, 3.8) is 0 Å². The minimum Gasteiger partial charge on any atom is -0.478 e. The molecule has 0 saturated carbocycles. The van der Waals surface area contributed by atoms with Gasteiger partial charge in [0.1, 0.15) is 0 Å². The monoisotopic (exact) mass is 289 g/mol. The van der Waals surface area contributed by atoms with Gasteiger partial charge in [0.05, 0.1) is 11.1 Å². The normalized spacial score (nSPS) is 12.8. The van der Waals surface area contributed by atoms with Crippen LogP contribution in [0.15, 0.2) is 18.2 Å². The average Bonchev–Trinajstić information content (AvgIpc) is 2.36. The Morgan fingerprint density at radius 3 is 2.35 bits per heavy atom. The lowest BCUT2D eigenvalue weighted by atomic mass is 10.1. The molecule has 1 amide bonds. The number of carboxylic acid groups (broad SMARTS) is 1. The van der Waals surface area contributed by atoms with Gasteiger partial charge in [-0.2, -0.15) is 13.2 Å². The lowest BCUT2D eigenvalue weighted by Gasteiger charge is -2.13. The number of hydrogen-bond donors (Lipinski definition) is 2. The van der Waals surface area contributed by atoms with Crippen molar-refractivity contribution in [1.82, 2.24) is 0 Å². The Balaban J connectivity index is 3.16. The number of carbonyl (C=O) groups is 2. The van der Waals surface area contributed by atoms with Crippen LogP contribution in [0.1, 0.15) is 36.2 Å². The van der Waals surface area contributed by atoms with Gasteiger partial charge in [-0.05, 0) is 24.6 Å². The lowest BCUT2D eigenvalue weighted by molar-refractivity contribution is -0.137. The summed E-state index contributed by atoms with van der Waals surface area (Å²) in [5.74, 6) is -2.32. The van der Waals surface area contributed by atoms with Gasteiger partial charge in [-0.3, -0.25) is 4.79 Å². The van der Waals surface area contributed by atoms with Crippen LogP contribution < -0.4 is 5.32 Å². The van der Waals surface area contributed by atoms with Crippen molar-refractivity contribution in [1.29, 1.82) is 0 Å². The van der Waals surface area contributed by atoms with Gasteiger partial charge in [0, 0.05) is 11.6 Å². The molecular weight excluding hydrogens is 275 g/mol. The highest BCUT2D eigenvalue weighted by molar-refractivity contribution is 5.95. The summed E-state index contributed by atoms with van der Waals surface area (Å²) in [6.45, 7) is 3.39. The minimum atomic E-state index is -4.68. The smallest absolute Gasteiger partial charge is 0.416 e. The molecule has 0 heterocycles. The molecule has 0 aromatic heterocycles. The van der Waals surface area contributed by atoms with Crippen molar-refractivity contribution in [2.45, 2.75) is 26.4 Å². The van der Waals surface area contributed by atoms with E-state index in [0.29, 0.717) is 18.6 Å². The largest absolute Gasteiger partial charge is 0.478 e. The first-order valence-corrected chi connectivity index (χ1v) is 5.91. The maximum Gasteiger partial charge on any atom is 0.416 e. The molecule has 0 bridgehead atoms. The topological polar surface area (TPSA) is 66.4 Å². The molecule has 0 aliphatic carbocycles. The Morgan fingerprint density at radius 2 is 1.90 bits per heavy atom. The fraction of sp³-hybridized carbons (Fsp3) is 0.385. The van der Waals surface area contributed by atoms with E-state index in [4.69, 9.17) is 5.11 Å². The van der Waals surface area contributed by atoms with Gasteiger partial charge in [0.15, 0.2) is 0 Å². The molecule has 0 aliphatic rings. The molecule has 2 N–H and O–H groups in total. The number of rotatable bonds is 4. The number of carboxylic acids is 1. The van der Waals surface area contributed by atoms with Gasteiger partial charge in [-0.25, -0.2) is 4.79 Å². The number of benzene rings is 1. The average molecular weight is 289 g/mol. The fourth-order valence-electron chi connectivity index (χ4n) is 1.44. The number of alkyl halides is 3. The van der Waals surface area contributed by atoms with E-state index < -0.39 is 29.2 Å². The molecule has 1 unspecified atom stereocenters. The number of amides is 1. The number of nitrogens with one attached hydrogen (secondary N) is 1. The third kappa shape index (κ3) is 3.97. The van der Waals surface area contributed by atoms with E-state index in [1.54, 1.807) is 13.8 Å². The lowest BCUT2D eigenvalue weighted by Crippen LogP contribution is -2.20. The number of halogens is 3. The van der Waals surface area contributed by atoms with Crippen molar-refractivity contribution in [3.05, 3.63) is 29.3 Å².